The summed E-state index contributed by atoms with van der Waals surface area (Å²) in [6.07, 6.45) is 4.89. The van der Waals surface area contributed by atoms with Crippen LogP contribution in [0.5, 0.6) is 0 Å². The molecule has 7 nitrogen and oxygen atoms in total. The molecule has 118 valence electrons. The van der Waals surface area contributed by atoms with E-state index in [1.54, 1.807) is 30.4 Å². The van der Waals surface area contributed by atoms with Gasteiger partial charge in [0.05, 0.1) is 0 Å². The highest BCUT2D eigenvalue weighted by atomic mass is 16.5. The molecule has 2 aromatic rings. The molecule has 7 heteroatoms. The minimum atomic E-state index is -1.30. The van der Waals surface area contributed by atoms with Gasteiger partial charge in [-0.2, -0.15) is 0 Å². The Labute approximate surface area is 131 Å². The van der Waals surface area contributed by atoms with Crippen LogP contribution in [-0.4, -0.2) is 45.3 Å². The van der Waals surface area contributed by atoms with Crippen molar-refractivity contribution in [2.75, 3.05) is 13.6 Å². The number of rotatable bonds is 4. The number of carbonyl (C=O) groups is 2. The van der Waals surface area contributed by atoms with Crippen LogP contribution >= 0.6 is 0 Å². The van der Waals surface area contributed by atoms with Gasteiger partial charge in [0.15, 0.2) is 11.3 Å². The maximum Gasteiger partial charge on any atom is 0.345 e. The van der Waals surface area contributed by atoms with Crippen molar-refractivity contribution < 1.29 is 19.4 Å². The first-order valence-corrected chi connectivity index (χ1v) is 7.08. The van der Waals surface area contributed by atoms with E-state index in [9.17, 15) is 14.7 Å². The summed E-state index contributed by atoms with van der Waals surface area (Å²) in [5.74, 6) is -1.88. The Morgan fingerprint density at radius 3 is 3.00 bits per heavy atom. The number of aromatic nitrogens is 2. The summed E-state index contributed by atoms with van der Waals surface area (Å²) in [5, 5.41) is 10.1. The first-order valence-electron chi connectivity index (χ1n) is 7.08. The third-order valence-electron chi connectivity index (χ3n) is 3.68. The normalized spacial score (nSPS) is 16.3. The summed E-state index contributed by atoms with van der Waals surface area (Å²) in [6.45, 7) is 2.36. The van der Waals surface area contributed by atoms with E-state index >= 15 is 0 Å². The van der Waals surface area contributed by atoms with Gasteiger partial charge in [-0.25, -0.2) is 9.78 Å². The molecular formula is C16H15N3O4. The van der Waals surface area contributed by atoms with Gasteiger partial charge in [0.25, 0.3) is 0 Å². The number of hydrogen-bond acceptors (Lipinski definition) is 5. The molecular weight excluding hydrogens is 298 g/mol. The fraction of sp³-hybridized carbons (Fsp3) is 0.188. The zero-order valence-corrected chi connectivity index (χ0v) is 12.7. The van der Waals surface area contributed by atoms with Crippen LogP contribution in [0, 0.1) is 0 Å². The number of carboxylic acid groups (broad SMARTS) is 1. The molecule has 0 spiro atoms. The first kappa shape index (κ1) is 14.8. The van der Waals surface area contributed by atoms with E-state index in [0.717, 1.165) is 5.39 Å². The molecule has 0 radical (unpaired) electrons. The van der Waals surface area contributed by atoms with Gasteiger partial charge >= 0.3 is 5.97 Å². The van der Waals surface area contributed by atoms with Crippen molar-refractivity contribution in [3.8, 4) is 0 Å². The van der Waals surface area contributed by atoms with Gasteiger partial charge in [0.2, 0.25) is 11.7 Å². The molecule has 23 heavy (non-hydrogen) atoms. The van der Waals surface area contributed by atoms with Gasteiger partial charge in [-0.3, -0.25) is 4.79 Å². The van der Waals surface area contributed by atoms with Crippen LogP contribution in [0.3, 0.4) is 0 Å². The Kier molecular flexibility index (Phi) is 3.61. The molecule has 0 aliphatic carbocycles. The SMILES string of the molecule is CCN(C)C1=C(C(=O)O)C(=O)C(=Cc2c[nH]c3ncccc23)O1. The number of ether oxygens (including phenoxy) is 1. The fourth-order valence-corrected chi connectivity index (χ4v) is 2.36. The molecule has 0 saturated carbocycles. The van der Waals surface area contributed by atoms with Crippen molar-refractivity contribution in [3.63, 3.8) is 0 Å². The molecule has 0 amide bonds. The fourth-order valence-electron chi connectivity index (χ4n) is 2.36. The van der Waals surface area contributed by atoms with Crippen molar-refractivity contribution >= 4 is 28.9 Å². The molecule has 0 aromatic carbocycles. The summed E-state index contributed by atoms with van der Waals surface area (Å²) in [5.41, 5.74) is 1.04. The van der Waals surface area contributed by atoms with Gasteiger partial charge in [0, 0.05) is 36.9 Å². The molecule has 1 aliphatic heterocycles. The largest absolute Gasteiger partial charge is 0.477 e. The number of aliphatic carboxylic acids is 1. The number of carbonyl (C=O) groups excluding carboxylic acids is 1. The van der Waals surface area contributed by atoms with Gasteiger partial charge in [-0.1, -0.05) is 0 Å². The number of hydrogen-bond donors (Lipinski definition) is 2. The third-order valence-corrected chi connectivity index (χ3v) is 3.68. The minimum absolute atomic E-state index is 0.0116. The van der Waals surface area contributed by atoms with Crippen LogP contribution in [0.1, 0.15) is 12.5 Å². The highest BCUT2D eigenvalue weighted by Crippen LogP contribution is 2.29. The summed E-state index contributed by atoms with van der Waals surface area (Å²) in [4.78, 5) is 32.5. The van der Waals surface area contributed by atoms with Gasteiger partial charge in [-0.15, -0.1) is 0 Å². The molecule has 3 heterocycles. The minimum Gasteiger partial charge on any atom is -0.477 e. The standard InChI is InChI=1S/C16H15N3O4/c1-3-19(2)15-12(16(21)22)13(20)11(23-15)7-9-8-18-14-10(9)5-4-6-17-14/h4-8H,3H2,1-2H3,(H,17,18)(H,21,22). The maximum atomic E-state index is 12.4. The second kappa shape index (κ2) is 5.60. The Morgan fingerprint density at radius 1 is 1.52 bits per heavy atom. The van der Waals surface area contributed by atoms with Crippen LogP contribution in [0.25, 0.3) is 17.1 Å². The number of nitrogens with one attached hydrogen (secondary N) is 1. The lowest BCUT2D eigenvalue weighted by Crippen LogP contribution is -2.20. The van der Waals surface area contributed by atoms with E-state index in [0.29, 0.717) is 17.8 Å². The third kappa shape index (κ3) is 2.46. The average molecular weight is 313 g/mol. The van der Waals surface area contributed by atoms with Crippen molar-refractivity contribution in [2.45, 2.75) is 6.92 Å². The number of pyridine rings is 1. The summed E-state index contributed by atoms with van der Waals surface area (Å²) >= 11 is 0. The first-order chi connectivity index (χ1) is 11.0. The Hall–Kier alpha value is -3.09. The second-order valence-corrected chi connectivity index (χ2v) is 5.08. The van der Waals surface area contributed by atoms with Gasteiger partial charge in [-0.05, 0) is 25.1 Å². The molecule has 2 aromatic heterocycles. The number of carboxylic acids is 1. The van der Waals surface area contributed by atoms with Crippen LogP contribution in [0.15, 0.2) is 41.7 Å². The van der Waals surface area contributed by atoms with E-state index in [-0.39, 0.29) is 17.2 Å². The monoisotopic (exact) mass is 313 g/mol. The zero-order chi connectivity index (χ0) is 16.6. The summed E-state index contributed by atoms with van der Waals surface area (Å²) < 4.78 is 5.52. The topological polar surface area (TPSA) is 95.5 Å². The van der Waals surface area contributed by atoms with E-state index in [2.05, 4.69) is 9.97 Å². The zero-order valence-electron chi connectivity index (χ0n) is 12.7. The number of nitrogens with zero attached hydrogens (tertiary/aromatic N) is 2. The lowest BCUT2D eigenvalue weighted by Gasteiger charge is -2.17. The lowest BCUT2D eigenvalue weighted by atomic mass is 10.1. The molecule has 2 N–H and O–H groups in total. The van der Waals surface area contributed by atoms with Crippen molar-refractivity contribution in [1.29, 1.82) is 0 Å². The molecule has 0 bridgehead atoms. The van der Waals surface area contributed by atoms with E-state index < -0.39 is 11.8 Å². The predicted molar refractivity (Wildman–Crippen MR) is 83.1 cm³/mol. The maximum absolute atomic E-state index is 12.4. The van der Waals surface area contributed by atoms with Gasteiger partial charge < -0.3 is 19.7 Å². The number of allylic oxidation sites excluding steroid dienone is 1. The Balaban J connectivity index is 2.03. The number of H-pyrrole nitrogens is 1. The highest BCUT2D eigenvalue weighted by Gasteiger charge is 2.37. The summed E-state index contributed by atoms with van der Waals surface area (Å²) in [7, 11) is 1.67. The molecule has 0 atom stereocenters. The van der Waals surface area contributed by atoms with Crippen molar-refractivity contribution in [1.82, 2.24) is 14.9 Å². The van der Waals surface area contributed by atoms with E-state index in [1.807, 2.05) is 13.0 Å². The van der Waals surface area contributed by atoms with Crippen LogP contribution in [-0.2, 0) is 14.3 Å². The quantitative estimate of drug-likeness (QED) is 0.659. The van der Waals surface area contributed by atoms with Crippen molar-refractivity contribution in [2.24, 2.45) is 0 Å². The second-order valence-electron chi connectivity index (χ2n) is 5.08. The Bertz CT molecular complexity index is 863. The molecule has 0 fully saturated rings. The van der Waals surface area contributed by atoms with Crippen molar-refractivity contribution in [3.05, 3.63) is 47.3 Å². The van der Waals surface area contributed by atoms with Crippen LogP contribution in [0.4, 0.5) is 0 Å². The number of Topliss-reactive ketones (excluding diaryl/α,β-unsaturated/α-hetero) is 1. The molecule has 0 saturated heterocycles. The lowest BCUT2D eigenvalue weighted by molar-refractivity contribution is -0.134. The Morgan fingerprint density at radius 2 is 2.30 bits per heavy atom. The number of aromatic amines is 1. The number of ketones is 1. The number of fused-ring (bicyclic) bond motifs is 1. The van der Waals surface area contributed by atoms with Gasteiger partial charge in [0.1, 0.15) is 5.65 Å². The van der Waals surface area contributed by atoms with Crippen LogP contribution in [0.2, 0.25) is 0 Å². The molecule has 1 aliphatic rings. The smallest absolute Gasteiger partial charge is 0.345 e. The molecule has 0 unspecified atom stereocenters. The summed E-state index contributed by atoms with van der Waals surface area (Å²) in [6, 6.07) is 3.64. The predicted octanol–water partition coefficient (Wildman–Crippen LogP) is 1.75. The molecule has 3 rings (SSSR count). The highest BCUT2D eigenvalue weighted by molar-refractivity contribution is 6.26. The van der Waals surface area contributed by atoms with E-state index in [4.69, 9.17) is 4.74 Å². The average Bonchev–Trinajstić information content (AvgIpc) is 3.09. The van der Waals surface area contributed by atoms with E-state index in [1.165, 1.54) is 6.08 Å². The van der Waals surface area contributed by atoms with Crippen LogP contribution < -0.4 is 0 Å².